The second kappa shape index (κ2) is 5.24. The van der Waals surface area contributed by atoms with Crippen LogP contribution in [0.15, 0.2) is 40.9 Å². The summed E-state index contributed by atoms with van der Waals surface area (Å²) in [6.07, 6.45) is 0. The van der Waals surface area contributed by atoms with Crippen molar-refractivity contribution in [1.29, 1.82) is 0 Å². The number of imidazole rings is 1. The molecule has 1 heterocycles. The third-order valence-electron chi connectivity index (χ3n) is 3.05. The van der Waals surface area contributed by atoms with Gasteiger partial charge in [0, 0.05) is 6.07 Å². The highest BCUT2D eigenvalue weighted by atomic mass is 79.9. The zero-order chi connectivity index (χ0) is 14.3. The van der Waals surface area contributed by atoms with E-state index in [0.29, 0.717) is 9.79 Å². The summed E-state index contributed by atoms with van der Waals surface area (Å²) in [5.74, 6) is 0.741. The number of fused-ring (bicyclic) bond motifs is 1. The average molecular weight is 370 g/mol. The largest absolute Gasteiger partial charge is 0.495 e. The summed E-state index contributed by atoms with van der Waals surface area (Å²) in [5.41, 5.74) is 2.67. The van der Waals surface area contributed by atoms with Crippen LogP contribution in [0.25, 0.3) is 16.7 Å². The summed E-state index contributed by atoms with van der Waals surface area (Å²) in [5, 5.41) is 0.650. The Morgan fingerprint density at radius 2 is 2.10 bits per heavy atom. The predicted molar refractivity (Wildman–Crippen MR) is 87.7 cm³/mol. The van der Waals surface area contributed by atoms with E-state index in [4.69, 9.17) is 28.6 Å². The first-order chi connectivity index (χ1) is 9.61. The van der Waals surface area contributed by atoms with Gasteiger partial charge in [0.25, 0.3) is 0 Å². The van der Waals surface area contributed by atoms with Crippen LogP contribution in [0, 0.1) is 4.77 Å². The summed E-state index contributed by atoms with van der Waals surface area (Å²) in [7, 11) is 1.63. The Hall–Kier alpha value is -1.30. The van der Waals surface area contributed by atoms with Crippen molar-refractivity contribution in [3.8, 4) is 11.4 Å². The van der Waals surface area contributed by atoms with Gasteiger partial charge in [0.2, 0.25) is 0 Å². The molecular weight excluding hydrogens is 360 g/mol. The third-order valence-corrected chi connectivity index (χ3v) is 4.29. The Morgan fingerprint density at radius 1 is 1.30 bits per heavy atom. The predicted octanol–water partition coefficient (Wildman–Crippen LogP) is 5.11. The molecule has 3 nitrogen and oxygen atoms in total. The van der Waals surface area contributed by atoms with Crippen molar-refractivity contribution in [2.45, 2.75) is 0 Å². The second-order valence-corrected chi connectivity index (χ2v) is 5.87. The van der Waals surface area contributed by atoms with Crippen molar-refractivity contribution in [2.24, 2.45) is 0 Å². The molecular formula is C14H10BrClN2OS. The van der Waals surface area contributed by atoms with Gasteiger partial charge in [-0.3, -0.25) is 4.57 Å². The summed E-state index contributed by atoms with van der Waals surface area (Å²) >= 11 is 15.1. The number of para-hydroxylation sites is 1. The lowest BCUT2D eigenvalue weighted by Gasteiger charge is -2.09. The quantitative estimate of drug-likeness (QED) is 0.636. The Morgan fingerprint density at radius 3 is 2.85 bits per heavy atom. The van der Waals surface area contributed by atoms with Gasteiger partial charge >= 0.3 is 0 Å². The number of rotatable bonds is 2. The zero-order valence-electron chi connectivity index (χ0n) is 10.5. The zero-order valence-corrected chi connectivity index (χ0v) is 13.6. The number of ether oxygens (including phenoxy) is 1. The van der Waals surface area contributed by atoms with Gasteiger partial charge in [-0.05, 0) is 52.4 Å². The molecule has 6 heteroatoms. The molecule has 3 aromatic rings. The standard InChI is InChI=1S/C14H10BrClN2OS/c1-19-12-7-8(5-6-9(12)15)18-13-10(16)3-2-4-11(13)17-14(18)20/h2-7H,1H3,(H,17,20). The monoisotopic (exact) mass is 368 g/mol. The lowest BCUT2D eigenvalue weighted by atomic mass is 10.2. The molecule has 0 fully saturated rings. The van der Waals surface area contributed by atoms with Gasteiger partial charge in [-0.25, -0.2) is 0 Å². The fourth-order valence-electron chi connectivity index (χ4n) is 2.15. The summed E-state index contributed by atoms with van der Waals surface area (Å²) in [6.45, 7) is 0. The maximum Gasteiger partial charge on any atom is 0.182 e. The lowest BCUT2D eigenvalue weighted by Crippen LogP contribution is -1.96. The number of methoxy groups -OCH3 is 1. The van der Waals surface area contributed by atoms with Crippen LogP contribution in [0.1, 0.15) is 0 Å². The van der Waals surface area contributed by atoms with Gasteiger partial charge in [0.1, 0.15) is 5.75 Å². The van der Waals surface area contributed by atoms with Gasteiger partial charge in [-0.1, -0.05) is 17.7 Å². The van der Waals surface area contributed by atoms with Gasteiger partial charge in [0.05, 0.1) is 33.3 Å². The lowest BCUT2D eigenvalue weighted by molar-refractivity contribution is 0.412. The van der Waals surface area contributed by atoms with Crippen LogP contribution >= 0.6 is 39.7 Å². The fourth-order valence-corrected chi connectivity index (χ4v) is 3.12. The van der Waals surface area contributed by atoms with E-state index in [1.165, 1.54) is 0 Å². The van der Waals surface area contributed by atoms with Crippen molar-refractivity contribution in [3.63, 3.8) is 0 Å². The molecule has 0 amide bonds. The minimum absolute atomic E-state index is 0.595. The van der Waals surface area contributed by atoms with Crippen molar-refractivity contribution < 1.29 is 4.74 Å². The maximum atomic E-state index is 6.30. The molecule has 0 saturated heterocycles. The number of nitrogens with zero attached hydrogens (tertiary/aromatic N) is 1. The van der Waals surface area contributed by atoms with Crippen molar-refractivity contribution in [2.75, 3.05) is 7.11 Å². The van der Waals surface area contributed by atoms with Crippen LogP contribution in [0.3, 0.4) is 0 Å². The number of hydrogen-bond donors (Lipinski definition) is 1. The number of halogens is 2. The molecule has 20 heavy (non-hydrogen) atoms. The number of aromatic amines is 1. The minimum atomic E-state index is 0.595. The highest BCUT2D eigenvalue weighted by Gasteiger charge is 2.11. The van der Waals surface area contributed by atoms with E-state index in [1.54, 1.807) is 7.11 Å². The van der Waals surface area contributed by atoms with Gasteiger partial charge < -0.3 is 9.72 Å². The average Bonchev–Trinajstić information content (AvgIpc) is 2.77. The molecule has 1 N–H and O–H groups in total. The Balaban J connectivity index is 2.35. The maximum absolute atomic E-state index is 6.30. The van der Waals surface area contributed by atoms with E-state index in [0.717, 1.165) is 26.9 Å². The molecule has 102 valence electrons. The van der Waals surface area contributed by atoms with E-state index in [2.05, 4.69) is 20.9 Å². The van der Waals surface area contributed by atoms with Crippen molar-refractivity contribution in [3.05, 3.63) is 50.7 Å². The third kappa shape index (κ3) is 2.16. The molecule has 0 bridgehead atoms. The van der Waals surface area contributed by atoms with Crippen LogP contribution in [-0.2, 0) is 0 Å². The van der Waals surface area contributed by atoms with E-state index in [1.807, 2.05) is 41.0 Å². The number of benzene rings is 2. The first-order valence-electron chi connectivity index (χ1n) is 5.85. The fraction of sp³-hybridized carbons (Fsp3) is 0.0714. The van der Waals surface area contributed by atoms with E-state index < -0.39 is 0 Å². The molecule has 0 unspecified atom stereocenters. The molecule has 2 aromatic carbocycles. The summed E-state index contributed by atoms with van der Waals surface area (Å²) < 4.78 is 8.72. The Bertz CT molecular complexity index is 856. The van der Waals surface area contributed by atoms with Crippen molar-refractivity contribution in [1.82, 2.24) is 9.55 Å². The Kier molecular flexibility index (Phi) is 3.58. The minimum Gasteiger partial charge on any atom is -0.495 e. The number of H-pyrrole nitrogens is 1. The second-order valence-electron chi connectivity index (χ2n) is 4.22. The van der Waals surface area contributed by atoms with E-state index in [9.17, 15) is 0 Å². The van der Waals surface area contributed by atoms with E-state index >= 15 is 0 Å². The summed E-state index contributed by atoms with van der Waals surface area (Å²) in [4.78, 5) is 3.16. The first-order valence-corrected chi connectivity index (χ1v) is 7.43. The molecule has 0 aliphatic heterocycles. The SMILES string of the molecule is COc1cc(-n2c(=S)[nH]c3cccc(Cl)c32)ccc1Br. The first kappa shape index (κ1) is 13.7. The van der Waals surface area contributed by atoms with Crippen LogP contribution in [0.5, 0.6) is 5.75 Å². The van der Waals surface area contributed by atoms with Crippen LogP contribution in [0.2, 0.25) is 5.02 Å². The highest BCUT2D eigenvalue weighted by Crippen LogP contribution is 2.31. The number of aromatic nitrogens is 2. The molecule has 0 aliphatic carbocycles. The highest BCUT2D eigenvalue weighted by molar-refractivity contribution is 9.10. The number of hydrogen-bond acceptors (Lipinski definition) is 2. The molecule has 3 rings (SSSR count). The number of nitrogens with one attached hydrogen (secondary N) is 1. The molecule has 0 radical (unpaired) electrons. The van der Waals surface area contributed by atoms with Crippen molar-refractivity contribution >= 4 is 50.8 Å². The van der Waals surface area contributed by atoms with Crippen LogP contribution in [-0.4, -0.2) is 16.7 Å². The van der Waals surface area contributed by atoms with Gasteiger partial charge in [-0.2, -0.15) is 0 Å². The Labute approximate surface area is 134 Å². The summed E-state index contributed by atoms with van der Waals surface area (Å²) in [6, 6.07) is 11.5. The molecule has 0 atom stereocenters. The van der Waals surface area contributed by atoms with E-state index in [-0.39, 0.29) is 0 Å². The normalized spacial score (nSPS) is 10.9. The van der Waals surface area contributed by atoms with Gasteiger partial charge in [0.15, 0.2) is 4.77 Å². The molecule has 0 spiro atoms. The molecule has 0 saturated carbocycles. The van der Waals surface area contributed by atoms with Crippen LogP contribution in [0.4, 0.5) is 0 Å². The molecule has 1 aromatic heterocycles. The smallest absolute Gasteiger partial charge is 0.182 e. The topological polar surface area (TPSA) is 29.9 Å². The van der Waals surface area contributed by atoms with Gasteiger partial charge in [-0.15, -0.1) is 0 Å². The molecule has 0 aliphatic rings. The van der Waals surface area contributed by atoms with Crippen LogP contribution < -0.4 is 4.74 Å².